The number of imidazole rings is 1. The molecule has 17 atom stereocenters. The number of ketones is 1. The summed E-state index contributed by atoms with van der Waals surface area (Å²) in [5, 5.41) is 0. The standard InChI is InChI=1S/C55H73N3O15/c1-31-27-53(8,64-12)45(72-51-44(40(57(10)11)26-33(3)66-51)69-49(61)38-20-16-14-17-21-38)34(4)43(68-41-29-54(9,65-13)47(37(7)67-41)71-50(62)39-22-18-15-19-23-39)35(5)48(60)70-46-36(6)55(46,28-32(2)42(31)59)73-52(63)58-25-24-56-30-58/h14-25,28,30-31,33-37,40-41,43-47,51H,26-27,29H2,1-13H3/b32-28+/t31-,33-,34+,35-,36?,37+,40+,41?,43+,44-,45-,46-,47+,51?,53+,54-,55-/m1/s1. The van der Waals surface area contributed by atoms with Crippen molar-refractivity contribution in [2.45, 2.75) is 160 Å². The first-order chi connectivity index (χ1) is 34.6. The fourth-order valence-corrected chi connectivity index (χ4v) is 11.0. The number of aromatic nitrogens is 2. The van der Waals surface area contributed by atoms with E-state index in [-0.39, 0.29) is 36.3 Å². The van der Waals surface area contributed by atoms with E-state index in [4.69, 9.17) is 47.4 Å². The second kappa shape index (κ2) is 22.6. The van der Waals surface area contributed by atoms with Gasteiger partial charge >= 0.3 is 24.0 Å². The Morgan fingerprint density at radius 3 is 1.96 bits per heavy atom. The molecule has 3 fully saturated rings. The summed E-state index contributed by atoms with van der Waals surface area (Å²) in [7, 11) is 6.83. The third-order valence-corrected chi connectivity index (χ3v) is 15.4. The maximum atomic E-state index is 14.9. The molecule has 3 unspecified atom stereocenters. The first-order valence-corrected chi connectivity index (χ1v) is 25.1. The topological polar surface area (TPSA) is 199 Å². The van der Waals surface area contributed by atoms with Crippen LogP contribution in [0.1, 0.15) is 102 Å². The van der Waals surface area contributed by atoms with Crippen LogP contribution in [-0.4, -0.2) is 151 Å². The molecular weight excluding hydrogens is 943 g/mol. The summed E-state index contributed by atoms with van der Waals surface area (Å²) in [4.78, 5) is 76.4. The zero-order valence-corrected chi connectivity index (χ0v) is 44.3. The molecule has 18 heteroatoms. The molecule has 73 heavy (non-hydrogen) atoms. The third kappa shape index (κ3) is 11.8. The van der Waals surface area contributed by atoms with Gasteiger partial charge in [0.05, 0.1) is 53.1 Å². The van der Waals surface area contributed by atoms with E-state index in [1.807, 2.05) is 45.8 Å². The summed E-state index contributed by atoms with van der Waals surface area (Å²) >= 11 is 0. The van der Waals surface area contributed by atoms with E-state index < -0.39 is 114 Å². The van der Waals surface area contributed by atoms with Crippen molar-refractivity contribution in [1.29, 1.82) is 0 Å². The van der Waals surface area contributed by atoms with E-state index in [1.165, 1.54) is 32.9 Å². The van der Waals surface area contributed by atoms with E-state index in [2.05, 4.69) is 4.98 Å². The first kappa shape index (κ1) is 55.4. The lowest BCUT2D eigenvalue weighted by Crippen LogP contribution is -2.61. The lowest BCUT2D eigenvalue weighted by molar-refractivity contribution is -0.318. The predicted molar refractivity (Wildman–Crippen MR) is 264 cm³/mol. The van der Waals surface area contributed by atoms with E-state index in [1.54, 1.807) is 102 Å². The molecule has 2 aromatic carbocycles. The van der Waals surface area contributed by atoms with Gasteiger partial charge in [0.15, 0.2) is 42.3 Å². The number of likely N-dealkylation sites (N-methyl/N-ethyl adjacent to an activating group) is 1. The van der Waals surface area contributed by atoms with Crippen molar-refractivity contribution in [2.75, 3.05) is 28.3 Å². The van der Waals surface area contributed by atoms with E-state index in [9.17, 15) is 24.0 Å². The van der Waals surface area contributed by atoms with Gasteiger partial charge in [0, 0.05) is 50.8 Å². The van der Waals surface area contributed by atoms with Crippen molar-refractivity contribution in [2.24, 2.45) is 23.7 Å². The fourth-order valence-electron chi connectivity index (χ4n) is 11.0. The SMILES string of the molecule is CO[C@]1(C)CC(O[C@H]2[C@H](C)[C@@H](OC3O[C@H](C)C[C@H](N(C)C)[C@H]3OC(=O)c3ccccc3)[C@@](C)(OC)C[C@@H](C)C(=O)/C(C)=C/[C@@]3(OC(=O)n4ccnc4)C(C)[C@H]3OC(=O)[C@@H]2C)O[C@@H](C)[C@@H]1OC(=O)c1ccccc1. The number of hydrogen-bond donors (Lipinski definition) is 0. The zero-order valence-electron chi connectivity index (χ0n) is 44.3. The number of Topliss-reactive ketones (excluding diaryl/α,β-unsaturated/α-hetero) is 1. The monoisotopic (exact) mass is 1020 g/mol. The predicted octanol–water partition coefficient (Wildman–Crippen LogP) is 7.23. The van der Waals surface area contributed by atoms with Gasteiger partial charge in [-0.05, 0) is 104 Å². The molecule has 7 rings (SSSR count). The maximum absolute atomic E-state index is 14.9. The van der Waals surface area contributed by atoms with Gasteiger partial charge in [-0.15, -0.1) is 0 Å². The van der Waals surface area contributed by atoms with Crippen molar-refractivity contribution < 1.29 is 71.3 Å². The number of benzene rings is 2. The number of carbonyl (C=O) groups is 5. The van der Waals surface area contributed by atoms with Crippen molar-refractivity contribution in [1.82, 2.24) is 14.5 Å². The van der Waals surface area contributed by atoms with E-state index in [0.717, 1.165) is 4.57 Å². The minimum Gasteiger partial charge on any atom is -0.457 e. The summed E-state index contributed by atoms with van der Waals surface area (Å²) in [6, 6.07) is 16.9. The summed E-state index contributed by atoms with van der Waals surface area (Å²) in [6.45, 7) is 16.0. The van der Waals surface area contributed by atoms with Crippen LogP contribution in [0.4, 0.5) is 4.79 Å². The molecule has 0 spiro atoms. The van der Waals surface area contributed by atoms with Crippen LogP contribution in [0.3, 0.4) is 0 Å². The minimum atomic E-state index is -1.50. The van der Waals surface area contributed by atoms with Gasteiger partial charge in [-0.25, -0.2) is 23.9 Å². The molecule has 398 valence electrons. The molecule has 4 heterocycles. The molecule has 0 N–H and O–H groups in total. The van der Waals surface area contributed by atoms with Gasteiger partial charge in [-0.2, -0.15) is 0 Å². The summed E-state index contributed by atoms with van der Waals surface area (Å²) in [5.41, 5.74) is -3.02. The molecular formula is C55H73N3O15. The Morgan fingerprint density at radius 2 is 1.38 bits per heavy atom. The molecule has 1 aromatic heterocycles. The number of rotatable bonds is 12. The normalized spacial score (nSPS) is 37.9. The smallest absolute Gasteiger partial charge is 0.420 e. The van der Waals surface area contributed by atoms with Crippen LogP contribution < -0.4 is 0 Å². The highest BCUT2D eigenvalue weighted by Gasteiger charge is 2.68. The number of fused-ring (bicyclic) bond motifs is 1. The number of nitrogens with zero attached hydrogens (tertiary/aromatic N) is 3. The number of carbonyl (C=O) groups excluding carboxylic acids is 5. The van der Waals surface area contributed by atoms with Crippen LogP contribution in [0.15, 0.2) is 91.0 Å². The van der Waals surface area contributed by atoms with Crippen molar-refractivity contribution in [3.05, 3.63) is 102 Å². The molecule has 1 aliphatic carbocycles. The van der Waals surface area contributed by atoms with Crippen LogP contribution in [0, 0.1) is 23.7 Å². The number of hydrogen-bond acceptors (Lipinski definition) is 17. The lowest BCUT2D eigenvalue weighted by atomic mass is 9.76. The molecule has 18 nitrogen and oxygen atoms in total. The largest absolute Gasteiger partial charge is 0.457 e. The molecule has 4 aliphatic rings. The summed E-state index contributed by atoms with van der Waals surface area (Å²) < 4.78 is 66.2. The highest BCUT2D eigenvalue weighted by Crippen LogP contribution is 2.52. The maximum Gasteiger partial charge on any atom is 0.420 e. The molecule has 0 bridgehead atoms. The molecule has 0 amide bonds. The Hall–Kier alpha value is -5.34. The molecule has 3 aliphatic heterocycles. The van der Waals surface area contributed by atoms with Crippen LogP contribution in [0.25, 0.3) is 0 Å². The zero-order chi connectivity index (χ0) is 53.2. The van der Waals surface area contributed by atoms with Gasteiger partial charge in [-0.3, -0.25) is 9.59 Å². The van der Waals surface area contributed by atoms with Crippen LogP contribution in [0.2, 0.25) is 0 Å². The lowest BCUT2D eigenvalue weighted by Gasteiger charge is -2.50. The number of ether oxygens (including phenoxy) is 10. The van der Waals surface area contributed by atoms with E-state index >= 15 is 0 Å². The summed E-state index contributed by atoms with van der Waals surface area (Å²) in [6.07, 6.45) is -2.83. The van der Waals surface area contributed by atoms with Crippen LogP contribution >= 0.6 is 0 Å². The number of allylic oxidation sites excluding steroid dienone is 1. The minimum absolute atomic E-state index is 0.0481. The number of esters is 3. The fraction of sp³-hybridized carbons (Fsp3) is 0.600. The van der Waals surface area contributed by atoms with Gasteiger partial charge < -0.3 is 52.3 Å². The Kier molecular flexibility index (Phi) is 17.2. The molecule has 0 radical (unpaired) electrons. The molecule has 2 saturated heterocycles. The van der Waals surface area contributed by atoms with Crippen molar-refractivity contribution >= 4 is 29.8 Å². The summed E-state index contributed by atoms with van der Waals surface area (Å²) in [5.74, 6) is -5.31. The van der Waals surface area contributed by atoms with Gasteiger partial charge in [0.2, 0.25) is 0 Å². The Labute approximate surface area is 428 Å². The third-order valence-electron chi connectivity index (χ3n) is 15.4. The molecule has 3 aromatic rings. The Morgan fingerprint density at radius 1 is 0.781 bits per heavy atom. The second-order valence-electron chi connectivity index (χ2n) is 21.0. The highest BCUT2D eigenvalue weighted by molar-refractivity contribution is 5.97. The molecule has 1 saturated carbocycles. The van der Waals surface area contributed by atoms with Gasteiger partial charge in [0.1, 0.15) is 11.9 Å². The van der Waals surface area contributed by atoms with Crippen LogP contribution in [0.5, 0.6) is 0 Å². The average molecular weight is 1020 g/mol. The quantitative estimate of drug-likeness (QED) is 0.130. The van der Waals surface area contributed by atoms with Crippen molar-refractivity contribution in [3.8, 4) is 0 Å². The van der Waals surface area contributed by atoms with Gasteiger partial charge in [-0.1, -0.05) is 57.2 Å². The van der Waals surface area contributed by atoms with Crippen molar-refractivity contribution in [3.63, 3.8) is 0 Å². The van der Waals surface area contributed by atoms with E-state index in [0.29, 0.717) is 17.5 Å². The number of methoxy groups -OCH3 is 2. The average Bonchev–Trinajstić information content (AvgIpc) is 3.65. The first-order valence-electron chi connectivity index (χ1n) is 25.1. The van der Waals surface area contributed by atoms with Crippen LogP contribution in [-0.2, 0) is 57.0 Å². The Bertz CT molecular complexity index is 2440. The highest BCUT2D eigenvalue weighted by atomic mass is 16.7. The second-order valence-corrected chi connectivity index (χ2v) is 21.0. The Balaban J connectivity index is 1.30. The van der Waals surface area contributed by atoms with Gasteiger partial charge in [0.25, 0.3) is 0 Å².